The van der Waals surface area contributed by atoms with Gasteiger partial charge in [0.25, 0.3) is 0 Å². The third-order valence-electron chi connectivity index (χ3n) is 7.89. The molecule has 0 radical (unpaired) electrons. The van der Waals surface area contributed by atoms with Crippen LogP contribution in [0, 0.1) is 28.6 Å². The van der Waals surface area contributed by atoms with Gasteiger partial charge in [0.15, 0.2) is 11.6 Å². The first kappa shape index (κ1) is 17.2. The second-order valence-corrected chi connectivity index (χ2v) is 9.20. The first-order chi connectivity index (χ1) is 11.6. The zero-order valence-electron chi connectivity index (χ0n) is 15.0. The van der Waals surface area contributed by atoms with Crippen molar-refractivity contribution in [3.05, 3.63) is 34.9 Å². The van der Waals surface area contributed by atoms with Crippen LogP contribution < -0.4 is 0 Å². The summed E-state index contributed by atoms with van der Waals surface area (Å²) in [7, 11) is 0. The molecule has 0 aromatic heterocycles. The summed E-state index contributed by atoms with van der Waals surface area (Å²) in [5.41, 5.74) is -0.952. The fourth-order valence-corrected chi connectivity index (χ4v) is 6.73. The van der Waals surface area contributed by atoms with Gasteiger partial charge in [0.05, 0.1) is 0 Å². The van der Waals surface area contributed by atoms with Crippen molar-refractivity contribution in [2.75, 3.05) is 0 Å². The van der Waals surface area contributed by atoms with Gasteiger partial charge in [-0.1, -0.05) is 37.6 Å². The van der Waals surface area contributed by atoms with Gasteiger partial charge >= 0.3 is 0 Å². The number of rotatable bonds is 1. The van der Waals surface area contributed by atoms with Crippen molar-refractivity contribution in [1.82, 2.24) is 0 Å². The highest BCUT2D eigenvalue weighted by Gasteiger charge is 2.65. The number of hydrogen-bond donors (Lipinski definition) is 1. The monoisotopic (exact) mass is 360 g/mol. The molecule has 4 aliphatic rings. The highest BCUT2D eigenvalue weighted by molar-refractivity contribution is 6.32. The SMILES string of the molecule is CC(=O)[C@@]1(O)CC[C@H]2C3C=C(Cl)C4=CC(=O)C=C[C@]4(C)[C@H]3CC[C@@]21C. The molecule has 2 fully saturated rings. The van der Waals surface area contributed by atoms with Crippen molar-refractivity contribution in [2.24, 2.45) is 28.6 Å². The number of fused-ring (bicyclic) bond motifs is 5. The Morgan fingerprint density at radius 3 is 2.60 bits per heavy atom. The summed E-state index contributed by atoms with van der Waals surface area (Å²) in [6.45, 7) is 5.77. The molecular weight excluding hydrogens is 336 g/mol. The zero-order valence-corrected chi connectivity index (χ0v) is 15.8. The molecule has 1 unspecified atom stereocenters. The maximum Gasteiger partial charge on any atom is 0.178 e. The lowest BCUT2D eigenvalue weighted by atomic mass is 9.49. The van der Waals surface area contributed by atoms with E-state index in [1.54, 1.807) is 12.2 Å². The molecule has 0 saturated heterocycles. The molecule has 134 valence electrons. The van der Waals surface area contributed by atoms with E-state index in [0.29, 0.717) is 17.4 Å². The number of allylic oxidation sites excluding steroid dienone is 6. The molecule has 0 heterocycles. The number of aliphatic hydroxyl groups is 1. The Bertz CT molecular complexity index is 763. The predicted octanol–water partition coefficient (Wildman–Crippen LogP) is 3.96. The molecule has 0 amide bonds. The van der Waals surface area contributed by atoms with E-state index in [9.17, 15) is 14.7 Å². The lowest BCUT2D eigenvalue weighted by Gasteiger charge is -2.56. The number of Topliss-reactive ketones (excluding diaryl/α,β-unsaturated/α-hetero) is 1. The standard InChI is InChI=1S/C21H25ClO3/c1-12(23)21(25)9-6-16-14-11-18(22)17-10-13(24)4-7-19(17,2)15(14)5-8-20(16,21)3/h4,7,10-11,14-16,25H,5-6,8-9H2,1-3H3/t14?,15-,16-,19+,20-,21-/m0/s1. The number of carbonyl (C=O) groups excluding carboxylic acids is 2. The quantitative estimate of drug-likeness (QED) is 0.770. The van der Waals surface area contributed by atoms with E-state index in [4.69, 9.17) is 11.6 Å². The fourth-order valence-electron chi connectivity index (χ4n) is 6.32. The minimum absolute atomic E-state index is 0.00931. The first-order valence-corrected chi connectivity index (χ1v) is 9.58. The molecule has 0 aromatic carbocycles. The summed E-state index contributed by atoms with van der Waals surface area (Å²) < 4.78 is 0. The smallest absolute Gasteiger partial charge is 0.178 e. The van der Waals surface area contributed by atoms with Gasteiger partial charge in [-0.15, -0.1) is 0 Å². The van der Waals surface area contributed by atoms with E-state index in [2.05, 4.69) is 19.9 Å². The first-order valence-electron chi connectivity index (χ1n) is 9.20. The summed E-state index contributed by atoms with van der Waals surface area (Å²) in [5, 5.41) is 11.8. The average molecular weight is 361 g/mol. The van der Waals surface area contributed by atoms with E-state index in [1.165, 1.54) is 6.92 Å². The largest absolute Gasteiger partial charge is 0.382 e. The number of carbonyl (C=O) groups is 2. The van der Waals surface area contributed by atoms with Gasteiger partial charge in [-0.25, -0.2) is 0 Å². The topological polar surface area (TPSA) is 54.4 Å². The Labute approximate surface area is 153 Å². The minimum atomic E-state index is -1.22. The van der Waals surface area contributed by atoms with Crippen LogP contribution in [0.3, 0.4) is 0 Å². The van der Waals surface area contributed by atoms with Gasteiger partial charge in [-0.3, -0.25) is 9.59 Å². The zero-order chi connectivity index (χ0) is 18.2. The van der Waals surface area contributed by atoms with E-state index >= 15 is 0 Å². The van der Waals surface area contributed by atoms with Crippen molar-refractivity contribution < 1.29 is 14.7 Å². The van der Waals surface area contributed by atoms with E-state index < -0.39 is 11.0 Å². The van der Waals surface area contributed by atoms with Crippen molar-refractivity contribution in [2.45, 2.75) is 52.1 Å². The van der Waals surface area contributed by atoms with Crippen molar-refractivity contribution in [1.29, 1.82) is 0 Å². The lowest BCUT2D eigenvalue weighted by molar-refractivity contribution is -0.155. The molecule has 0 aliphatic heterocycles. The van der Waals surface area contributed by atoms with Crippen LogP contribution >= 0.6 is 11.6 Å². The Hall–Kier alpha value is -1.19. The average Bonchev–Trinajstić information content (AvgIpc) is 2.83. The van der Waals surface area contributed by atoms with Crippen LogP contribution in [0.15, 0.2) is 34.9 Å². The molecule has 0 spiro atoms. The molecule has 0 aromatic rings. The Balaban J connectivity index is 1.81. The van der Waals surface area contributed by atoms with Crippen molar-refractivity contribution in [3.8, 4) is 0 Å². The minimum Gasteiger partial charge on any atom is -0.382 e. The van der Waals surface area contributed by atoms with Gasteiger partial charge in [0.1, 0.15) is 5.60 Å². The highest BCUT2D eigenvalue weighted by atomic mass is 35.5. The number of ketones is 2. The summed E-state index contributed by atoms with van der Waals surface area (Å²) in [6, 6.07) is 0. The van der Waals surface area contributed by atoms with Crippen LogP contribution in [0.25, 0.3) is 0 Å². The highest BCUT2D eigenvalue weighted by Crippen LogP contribution is 2.66. The molecule has 3 nitrogen and oxygen atoms in total. The molecule has 25 heavy (non-hydrogen) atoms. The molecular formula is C21H25ClO3. The van der Waals surface area contributed by atoms with Crippen LogP contribution in [-0.4, -0.2) is 22.3 Å². The van der Waals surface area contributed by atoms with E-state index in [0.717, 1.165) is 24.8 Å². The van der Waals surface area contributed by atoms with Gasteiger partial charge < -0.3 is 5.11 Å². The molecule has 0 bridgehead atoms. The summed E-state index contributed by atoms with van der Waals surface area (Å²) in [6.07, 6.45) is 10.6. The van der Waals surface area contributed by atoms with Gasteiger partial charge in [-0.2, -0.15) is 0 Å². The second kappa shape index (κ2) is 5.17. The van der Waals surface area contributed by atoms with Crippen LogP contribution in [0.5, 0.6) is 0 Å². The fraction of sp³-hybridized carbons (Fsp3) is 0.619. The molecule has 4 heteroatoms. The Morgan fingerprint density at radius 2 is 1.92 bits per heavy atom. The van der Waals surface area contributed by atoms with Gasteiger partial charge in [-0.05, 0) is 68.1 Å². The third-order valence-corrected chi connectivity index (χ3v) is 8.22. The Kier molecular flexibility index (Phi) is 3.56. The molecule has 6 atom stereocenters. The molecule has 4 rings (SSSR count). The summed E-state index contributed by atoms with van der Waals surface area (Å²) in [4.78, 5) is 24.1. The number of hydrogen-bond acceptors (Lipinski definition) is 3. The van der Waals surface area contributed by atoms with E-state index in [1.807, 2.05) is 6.08 Å². The third kappa shape index (κ3) is 2.03. The van der Waals surface area contributed by atoms with Gasteiger partial charge in [0.2, 0.25) is 0 Å². The van der Waals surface area contributed by atoms with Gasteiger partial charge in [0, 0.05) is 15.9 Å². The van der Waals surface area contributed by atoms with Crippen molar-refractivity contribution in [3.63, 3.8) is 0 Å². The molecule has 2 saturated carbocycles. The maximum absolute atomic E-state index is 12.2. The van der Waals surface area contributed by atoms with Crippen LogP contribution in [0.2, 0.25) is 0 Å². The van der Waals surface area contributed by atoms with Crippen molar-refractivity contribution >= 4 is 23.2 Å². The summed E-state index contributed by atoms with van der Waals surface area (Å²) in [5.74, 6) is 0.678. The normalized spacial score (nSPS) is 48.2. The molecule has 4 aliphatic carbocycles. The van der Waals surface area contributed by atoms with Crippen LogP contribution in [0.1, 0.15) is 46.5 Å². The maximum atomic E-state index is 12.2. The second-order valence-electron chi connectivity index (χ2n) is 8.79. The Morgan fingerprint density at radius 1 is 1.24 bits per heavy atom. The van der Waals surface area contributed by atoms with E-state index in [-0.39, 0.29) is 28.8 Å². The lowest BCUT2D eigenvalue weighted by Crippen LogP contribution is -2.56. The number of halogens is 1. The predicted molar refractivity (Wildman–Crippen MR) is 96.9 cm³/mol. The van der Waals surface area contributed by atoms with Crippen LogP contribution in [0.4, 0.5) is 0 Å². The van der Waals surface area contributed by atoms with Crippen LogP contribution in [-0.2, 0) is 9.59 Å². The summed E-state index contributed by atoms with van der Waals surface area (Å²) >= 11 is 6.61. The molecule has 1 N–H and O–H groups in total.